The number of ketones is 1. The lowest BCUT2D eigenvalue weighted by molar-refractivity contribution is -0.115. The molecule has 0 bridgehead atoms. The highest BCUT2D eigenvalue weighted by Gasteiger charge is 2.25. The van der Waals surface area contributed by atoms with Crippen LogP contribution in [-0.2, 0) is 27.9 Å². The highest BCUT2D eigenvalue weighted by atomic mass is 16.5. The van der Waals surface area contributed by atoms with E-state index in [1.54, 1.807) is 11.6 Å². The number of esters is 1. The molecule has 2 N–H and O–H groups in total. The number of carbonyl (C=O) groups excluding carboxylic acids is 3. The molecule has 33 heavy (non-hydrogen) atoms. The van der Waals surface area contributed by atoms with Gasteiger partial charge >= 0.3 is 5.97 Å². The molecule has 3 rings (SSSR count). The second-order valence-electron chi connectivity index (χ2n) is 9.06. The summed E-state index contributed by atoms with van der Waals surface area (Å²) in [7, 11) is 1.27. The lowest BCUT2D eigenvalue weighted by Gasteiger charge is -2.14. The summed E-state index contributed by atoms with van der Waals surface area (Å²) in [6.07, 6.45) is -0.125. The molecule has 0 aliphatic heterocycles. The molecular weight excluding hydrogens is 420 g/mol. The maximum Gasteiger partial charge on any atom is 0.339 e. The van der Waals surface area contributed by atoms with Gasteiger partial charge in [-0.1, -0.05) is 51.1 Å². The maximum absolute atomic E-state index is 13.0. The second-order valence-corrected chi connectivity index (χ2v) is 9.06. The van der Waals surface area contributed by atoms with Gasteiger partial charge in [0.2, 0.25) is 5.91 Å². The van der Waals surface area contributed by atoms with E-state index in [1.165, 1.54) is 14.0 Å². The fourth-order valence-corrected chi connectivity index (χ4v) is 3.63. The number of rotatable bonds is 7. The first-order valence-corrected chi connectivity index (χ1v) is 10.7. The average Bonchev–Trinajstić information content (AvgIpc) is 3.29. The van der Waals surface area contributed by atoms with Gasteiger partial charge in [0, 0.05) is 24.1 Å². The van der Waals surface area contributed by atoms with E-state index in [9.17, 15) is 14.4 Å². The van der Waals surface area contributed by atoms with Crippen molar-refractivity contribution in [3.05, 3.63) is 70.2 Å². The topological polar surface area (TPSA) is 106 Å². The Labute approximate surface area is 193 Å². The van der Waals surface area contributed by atoms with Crippen LogP contribution in [0, 0.1) is 6.92 Å². The predicted octanol–water partition coefficient (Wildman–Crippen LogP) is 4.04. The number of nitrogens with zero attached hydrogens (tertiary/aromatic N) is 2. The first kappa shape index (κ1) is 24.0. The van der Waals surface area contributed by atoms with Crippen molar-refractivity contribution in [2.75, 3.05) is 12.4 Å². The number of anilines is 1. The van der Waals surface area contributed by atoms with E-state index in [1.807, 2.05) is 36.4 Å². The number of hydrogen-bond donors (Lipinski definition) is 2. The minimum absolute atomic E-state index is 0.125. The number of ether oxygens (including phenoxy) is 1. The molecule has 0 atom stereocenters. The van der Waals surface area contributed by atoms with Gasteiger partial charge in [0.15, 0.2) is 5.78 Å². The summed E-state index contributed by atoms with van der Waals surface area (Å²) in [5.74, 6) is -0.599. The van der Waals surface area contributed by atoms with Crippen LogP contribution in [0.2, 0.25) is 0 Å². The number of amides is 1. The highest BCUT2D eigenvalue weighted by Crippen LogP contribution is 2.25. The minimum atomic E-state index is -0.594. The molecule has 2 aromatic heterocycles. The number of methoxy groups -OCH3 is 1. The lowest BCUT2D eigenvalue weighted by atomic mass is 9.92. The van der Waals surface area contributed by atoms with Crippen LogP contribution in [0.1, 0.15) is 71.1 Å². The predicted molar refractivity (Wildman–Crippen MR) is 126 cm³/mol. The van der Waals surface area contributed by atoms with Crippen LogP contribution in [0.5, 0.6) is 0 Å². The van der Waals surface area contributed by atoms with E-state index in [2.05, 4.69) is 31.1 Å². The number of Topliss-reactive ketones (excluding diaryl/α,β-unsaturated/α-hetero) is 1. The molecule has 8 heteroatoms. The van der Waals surface area contributed by atoms with Gasteiger partial charge in [-0.15, -0.1) is 0 Å². The summed E-state index contributed by atoms with van der Waals surface area (Å²) >= 11 is 0. The smallest absolute Gasteiger partial charge is 0.339 e. The molecule has 0 unspecified atom stereocenters. The number of benzene rings is 1. The monoisotopic (exact) mass is 450 g/mol. The van der Waals surface area contributed by atoms with Crippen molar-refractivity contribution in [2.24, 2.45) is 0 Å². The number of hydrogen-bond acceptors (Lipinski definition) is 5. The Kier molecular flexibility index (Phi) is 6.86. The van der Waals surface area contributed by atoms with Gasteiger partial charge in [0.25, 0.3) is 0 Å². The standard InChI is InChI=1S/C25H30N4O4/c1-15-22(24(32)33-6)18(26-23(15)16(2)30)12-21(31)27-20-13-19(25(3,4)5)28-29(20)14-17-10-8-7-9-11-17/h7-11,13,26H,12,14H2,1-6H3,(H,27,31). The summed E-state index contributed by atoms with van der Waals surface area (Å²) in [5.41, 5.74) is 3.02. The van der Waals surface area contributed by atoms with Crippen LogP contribution in [-0.4, -0.2) is 39.5 Å². The zero-order valence-corrected chi connectivity index (χ0v) is 19.9. The number of nitrogens with one attached hydrogen (secondary N) is 2. The van der Waals surface area contributed by atoms with E-state index >= 15 is 0 Å². The summed E-state index contributed by atoms with van der Waals surface area (Å²) in [6, 6.07) is 11.7. The molecule has 0 aliphatic rings. The average molecular weight is 451 g/mol. The molecule has 3 aromatic rings. The van der Waals surface area contributed by atoms with Crippen molar-refractivity contribution in [3.63, 3.8) is 0 Å². The number of aromatic nitrogens is 3. The zero-order valence-electron chi connectivity index (χ0n) is 19.9. The van der Waals surface area contributed by atoms with Gasteiger partial charge in [0.05, 0.1) is 37.0 Å². The number of carbonyl (C=O) groups is 3. The molecule has 1 amide bonds. The van der Waals surface area contributed by atoms with Crippen molar-refractivity contribution in [2.45, 2.75) is 53.0 Å². The van der Waals surface area contributed by atoms with Crippen molar-refractivity contribution in [1.82, 2.24) is 14.8 Å². The third kappa shape index (κ3) is 5.39. The number of H-pyrrole nitrogens is 1. The van der Waals surface area contributed by atoms with E-state index in [0.29, 0.717) is 29.3 Å². The van der Waals surface area contributed by atoms with Gasteiger partial charge in [-0.25, -0.2) is 9.48 Å². The fraction of sp³-hybridized carbons (Fsp3) is 0.360. The van der Waals surface area contributed by atoms with E-state index < -0.39 is 5.97 Å². The minimum Gasteiger partial charge on any atom is -0.465 e. The Morgan fingerprint density at radius 3 is 2.39 bits per heavy atom. The molecule has 2 heterocycles. The molecule has 1 aromatic carbocycles. The second kappa shape index (κ2) is 9.44. The van der Waals surface area contributed by atoms with Gasteiger partial charge in [-0.05, 0) is 18.1 Å². The van der Waals surface area contributed by atoms with Gasteiger partial charge in [-0.2, -0.15) is 5.10 Å². The Morgan fingerprint density at radius 2 is 1.82 bits per heavy atom. The molecular formula is C25H30N4O4. The highest BCUT2D eigenvalue weighted by molar-refractivity contribution is 6.02. The summed E-state index contributed by atoms with van der Waals surface area (Å²) in [6.45, 7) is 9.73. The SMILES string of the molecule is COC(=O)c1c(CC(=O)Nc2cc(C(C)(C)C)nn2Cc2ccccc2)[nH]c(C(C)=O)c1C. The van der Waals surface area contributed by atoms with Crippen molar-refractivity contribution >= 4 is 23.5 Å². The van der Waals surface area contributed by atoms with Crippen LogP contribution in [0.4, 0.5) is 5.82 Å². The third-order valence-corrected chi connectivity index (χ3v) is 5.40. The molecule has 0 radical (unpaired) electrons. The fourth-order valence-electron chi connectivity index (χ4n) is 3.63. The van der Waals surface area contributed by atoms with E-state index in [0.717, 1.165) is 11.3 Å². The zero-order chi connectivity index (χ0) is 24.3. The molecule has 174 valence electrons. The Hall–Kier alpha value is -3.68. The molecule has 8 nitrogen and oxygen atoms in total. The quantitative estimate of drug-likeness (QED) is 0.417. The Morgan fingerprint density at radius 1 is 1.15 bits per heavy atom. The van der Waals surface area contributed by atoms with Crippen LogP contribution in [0.25, 0.3) is 0 Å². The molecule has 0 fully saturated rings. The van der Waals surface area contributed by atoms with E-state index in [4.69, 9.17) is 9.84 Å². The normalized spacial score (nSPS) is 11.3. The Bertz CT molecular complexity index is 1180. The van der Waals surface area contributed by atoms with Crippen LogP contribution in [0.3, 0.4) is 0 Å². The van der Waals surface area contributed by atoms with E-state index in [-0.39, 0.29) is 29.1 Å². The van der Waals surface area contributed by atoms with Gasteiger partial charge in [-0.3, -0.25) is 9.59 Å². The lowest BCUT2D eigenvalue weighted by Crippen LogP contribution is -2.19. The van der Waals surface area contributed by atoms with Gasteiger partial charge < -0.3 is 15.0 Å². The van der Waals surface area contributed by atoms with Crippen LogP contribution < -0.4 is 5.32 Å². The summed E-state index contributed by atoms with van der Waals surface area (Å²) in [5, 5.41) is 7.63. The number of aromatic amines is 1. The Balaban J connectivity index is 1.90. The van der Waals surface area contributed by atoms with Crippen molar-refractivity contribution in [1.29, 1.82) is 0 Å². The van der Waals surface area contributed by atoms with Gasteiger partial charge in [0.1, 0.15) is 5.82 Å². The molecule has 0 saturated heterocycles. The molecule has 0 spiro atoms. The third-order valence-electron chi connectivity index (χ3n) is 5.40. The largest absolute Gasteiger partial charge is 0.465 e. The molecule has 0 saturated carbocycles. The summed E-state index contributed by atoms with van der Waals surface area (Å²) < 4.78 is 6.62. The maximum atomic E-state index is 13.0. The van der Waals surface area contributed by atoms with Crippen LogP contribution in [0.15, 0.2) is 36.4 Å². The first-order valence-electron chi connectivity index (χ1n) is 10.7. The van der Waals surface area contributed by atoms with Crippen molar-refractivity contribution in [3.8, 4) is 0 Å². The van der Waals surface area contributed by atoms with Crippen molar-refractivity contribution < 1.29 is 19.1 Å². The molecule has 0 aliphatic carbocycles. The van der Waals surface area contributed by atoms with Crippen LogP contribution >= 0.6 is 0 Å². The first-order chi connectivity index (χ1) is 15.5. The summed E-state index contributed by atoms with van der Waals surface area (Å²) in [4.78, 5) is 40.2.